The molecule has 0 saturated carbocycles. The average molecular weight is 842 g/mol. The maximum atomic E-state index is 7.17. The van der Waals surface area contributed by atoms with Crippen LogP contribution in [0.15, 0.2) is 241 Å². The lowest BCUT2D eigenvalue weighted by atomic mass is 9.65. The lowest BCUT2D eigenvalue weighted by molar-refractivity contribution is 0.447. The molecule has 0 amide bonds. The number of anilines is 3. The highest BCUT2D eigenvalue weighted by Crippen LogP contribution is 2.64. The number of para-hydroxylation sites is 2. The summed E-state index contributed by atoms with van der Waals surface area (Å²) in [6, 6.07) is 85.6. The van der Waals surface area contributed by atoms with Gasteiger partial charge in [-0.15, -0.1) is 0 Å². The van der Waals surface area contributed by atoms with E-state index in [1.807, 2.05) is 12.1 Å². The summed E-state index contributed by atoms with van der Waals surface area (Å²) in [6.07, 6.45) is 0. The predicted octanol–water partition coefficient (Wildman–Crippen LogP) is 17.2. The Hall–Kier alpha value is -8.66. The number of ether oxygens (including phenoxy) is 1. The van der Waals surface area contributed by atoms with E-state index in [1.54, 1.807) is 0 Å². The van der Waals surface area contributed by atoms with Gasteiger partial charge in [-0.25, -0.2) is 0 Å². The van der Waals surface area contributed by atoms with Crippen LogP contribution in [0.3, 0.4) is 0 Å². The minimum absolute atomic E-state index is 0.584. The second-order valence-corrected chi connectivity index (χ2v) is 17.5. The van der Waals surface area contributed by atoms with Crippen LogP contribution in [0.25, 0.3) is 76.9 Å². The number of furan rings is 1. The Bertz CT molecular complexity index is 3830. The zero-order valence-electron chi connectivity index (χ0n) is 35.8. The van der Waals surface area contributed by atoms with Crippen LogP contribution in [0.5, 0.6) is 11.5 Å². The molecular formula is C63H39NO2. The van der Waals surface area contributed by atoms with Crippen LogP contribution in [0.1, 0.15) is 22.3 Å². The van der Waals surface area contributed by atoms with Crippen molar-refractivity contribution in [2.75, 3.05) is 4.90 Å². The van der Waals surface area contributed by atoms with Gasteiger partial charge in [-0.3, -0.25) is 0 Å². The van der Waals surface area contributed by atoms with Crippen LogP contribution in [-0.2, 0) is 5.41 Å². The van der Waals surface area contributed by atoms with Crippen molar-refractivity contribution < 1.29 is 9.15 Å². The largest absolute Gasteiger partial charge is 0.456 e. The van der Waals surface area contributed by atoms with Gasteiger partial charge in [-0.05, 0) is 92.2 Å². The third kappa shape index (κ3) is 5.26. The summed E-state index contributed by atoms with van der Waals surface area (Å²) in [6.45, 7) is 0. The molecule has 1 spiro atoms. The zero-order valence-corrected chi connectivity index (χ0v) is 35.8. The molecule has 0 radical (unpaired) electrons. The standard InChI is InChI=1S/C63H39NO2/c1-2-14-41(15-3-1)47-18-9-12-24-58(47)64(46-33-34-52-51-22-10-13-25-59(51)65-60(52)39-46)45-31-26-40(27-32-45)44-30-35-55-53(38-44)50-21-8-11-23-54(50)63(55)56-36-28-42-16-4-6-19-48(42)61(56)66-62-49-20-7-5-17-43(49)29-37-57(62)63/h1-39H. The molecule has 1 aliphatic heterocycles. The van der Waals surface area contributed by atoms with E-state index in [1.165, 1.54) is 33.4 Å². The summed E-state index contributed by atoms with van der Waals surface area (Å²) in [5.74, 6) is 1.86. The van der Waals surface area contributed by atoms with Gasteiger partial charge in [0, 0.05) is 55.7 Å². The van der Waals surface area contributed by atoms with E-state index in [9.17, 15) is 0 Å². The SMILES string of the molecule is c1ccc(-c2ccccc2N(c2ccc(-c3ccc4c(c3)-c3ccccc3C43c4ccc5ccccc5c4Oc4c3ccc3ccccc43)cc2)c2ccc3c(c2)oc2ccccc23)cc1. The van der Waals surface area contributed by atoms with Gasteiger partial charge >= 0.3 is 0 Å². The van der Waals surface area contributed by atoms with Crippen molar-refractivity contribution in [2.45, 2.75) is 5.41 Å². The zero-order chi connectivity index (χ0) is 43.3. The van der Waals surface area contributed by atoms with Gasteiger partial charge in [0.05, 0.1) is 11.1 Å². The van der Waals surface area contributed by atoms with Crippen LogP contribution in [-0.4, -0.2) is 0 Å². The molecule has 14 rings (SSSR count). The van der Waals surface area contributed by atoms with Crippen molar-refractivity contribution >= 4 is 60.5 Å². The van der Waals surface area contributed by atoms with Crippen LogP contribution in [0, 0.1) is 0 Å². The van der Waals surface area contributed by atoms with Crippen LogP contribution >= 0.6 is 0 Å². The number of rotatable bonds is 5. The molecule has 2 aliphatic rings. The topological polar surface area (TPSA) is 25.6 Å². The van der Waals surface area contributed by atoms with Gasteiger partial charge in [0.25, 0.3) is 0 Å². The molecule has 0 bridgehead atoms. The van der Waals surface area contributed by atoms with Crippen molar-refractivity contribution in [3.8, 4) is 44.9 Å². The van der Waals surface area contributed by atoms with Gasteiger partial charge in [-0.2, -0.15) is 0 Å². The maximum absolute atomic E-state index is 7.17. The van der Waals surface area contributed by atoms with Gasteiger partial charge < -0.3 is 14.1 Å². The molecule has 0 atom stereocenters. The van der Waals surface area contributed by atoms with E-state index in [-0.39, 0.29) is 0 Å². The van der Waals surface area contributed by atoms with E-state index >= 15 is 0 Å². The fourth-order valence-electron chi connectivity index (χ4n) is 11.2. The van der Waals surface area contributed by atoms with Crippen LogP contribution in [0.4, 0.5) is 17.1 Å². The molecule has 0 fully saturated rings. The minimum atomic E-state index is -0.584. The molecule has 11 aromatic carbocycles. The molecule has 1 aromatic heterocycles. The summed E-state index contributed by atoms with van der Waals surface area (Å²) in [5.41, 5.74) is 16.3. The molecule has 0 saturated heterocycles. The number of hydrogen-bond acceptors (Lipinski definition) is 3. The van der Waals surface area contributed by atoms with E-state index in [2.05, 4.69) is 229 Å². The second-order valence-electron chi connectivity index (χ2n) is 17.5. The van der Waals surface area contributed by atoms with Crippen molar-refractivity contribution in [3.05, 3.63) is 259 Å². The molecular weight excluding hydrogens is 803 g/mol. The first-order chi connectivity index (χ1) is 32.7. The number of benzene rings is 11. The molecule has 3 nitrogen and oxygen atoms in total. The summed E-state index contributed by atoms with van der Waals surface area (Å²) < 4.78 is 13.6. The lowest BCUT2D eigenvalue weighted by Crippen LogP contribution is -2.32. The average Bonchev–Trinajstić information content (AvgIpc) is 3.90. The highest BCUT2D eigenvalue weighted by molar-refractivity contribution is 6.06. The van der Waals surface area contributed by atoms with Gasteiger partial charge in [0.15, 0.2) is 0 Å². The molecule has 2 heterocycles. The highest BCUT2D eigenvalue weighted by atomic mass is 16.5. The Morgan fingerprint density at radius 3 is 1.64 bits per heavy atom. The first-order valence-electron chi connectivity index (χ1n) is 22.7. The van der Waals surface area contributed by atoms with Crippen molar-refractivity contribution in [1.29, 1.82) is 0 Å². The van der Waals surface area contributed by atoms with E-state index in [0.717, 1.165) is 94.3 Å². The Labute approximate surface area is 382 Å². The Morgan fingerprint density at radius 2 is 0.879 bits per heavy atom. The smallest absolute Gasteiger partial charge is 0.140 e. The summed E-state index contributed by atoms with van der Waals surface area (Å²) in [5, 5.41) is 6.79. The molecule has 3 heteroatoms. The Balaban J connectivity index is 0.934. The van der Waals surface area contributed by atoms with E-state index in [0.29, 0.717) is 0 Å². The monoisotopic (exact) mass is 841 g/mol. The molecule has 1 aliphatic carbocycles. The lowest BCUT2D eigenvalue weighted by Gasteiger charge is -2.40. The van der Waals surface area contributed by atoms with Crippen molar-refractivity contribution in [1.82, 2.24) is 0 Å². The summed E-state index contributed by atoms with van der Waals surface area (Å²) in [4.78, 5) is 2.36. The first-order valence-corrected chi connectivity index (χ1v) is 22.7. The first kappa shape index (κ1) is 36.8. The molecule has 0 unspecified atom stereocenters. The van der Waals surface area contributed by atoms with Crippen molar-refractivity contribution in [3.63, 3.8) is 0 Å². The second kappa shape index (κ2) is 14.2. The van der Waals surface area contributed by atoms with Gasteiger partial charge in [0.2, 0.25) is 0 Å². The summed E-state index contributed by atoms with van der Waals surface area (Å²) in [7, 11) is 0. The van der Waals surface area contributed by atoms with E-state index in [4.69, 9.17) is 9.15 Å². The number of hydrogen-bond donors (Lipinski definition) is 0. The maximum Gasteiger partial charge on any atom is 0.140 e. The third-order valence-electron chi connectivity index (χ3n) is 14.1. The fraction of sp³-hybridized carbons (Fsp3) is 0.0159. The van der Waals surface area contributed by atoms with Crippen LogP contribution in [0.2, 0.25) is 0 Å². The minimum Gasteiger partial charge on any atom is -0.456 e. The molecule has 308 valence electrons. The normalized spacial score (nSPS) is 13.1. The Kier molecular flexibility index (Phi) is 7.90. The molecule has 0 N–H and O–H groups in total. The summed E-state index contributed by atoms with van der Waals surface area (Å²) >= 11 is 0. The number of fused-ring (bicyclic) bond motifs is 16. The van der Waals surface area contributed by atoms with E-state index < -0.39 is 5.41 Å². The van der Waals surface area contributed by atoms with Gasteiger partial charge in [-0.1, -0.05) is 188 Å². The highest BCUT2D eigenvalue weighted by Gasteiger charge is 2.51. The molecule has 66 heavy (non-hydrogen) atoms. The predicted molar refractivity (Wildman–Crippen MR) is 272 cm³/mol. The van der Waals surface area contributed by atoms with Crippen molar-refractivity contribution in [2.24, 2.45) is 0 Å². The fourth-order valence-corrected chi connectivity index (χ4v) is 11.2. The quantitative estimate of drug-likeness (QED) is 0.173. The Morgan fingerprint density at radius 1 is 0.318 bits per heavy atom. The third-order valence-corrected chi connectivity index (χ3v) is 14.1. The number of nitrogens with zero attached hydrogens (tertiary/aromatic N) is 1. The van der Waals surface area contributed by atoms with Crippen LogP contribution < -0.4 is 9.64 Å². The molecule has 12 aromatic rings. The van der Waals surface area contributed by atoms with Gasteiger partial charge in [0.1, 0.15) is 22.7 Å².